The Labute approximate surface area is 152 Å². The Morgan fingerprint density at radius 1 is 1.04 bits per heavy atom. The summed E-state index contributed by atoms with van der Waals surface area (Å²) in [4.78, 5) is 22.0. The highest BCUT2D eigenvalue weighted by atomic mass is 32.2. The third-order valence-corrected chi connectivity index (χ3v) is 5.55. The molecule has 4 nitrogen and oxygen atoms in total. The van der Waals surface area contributed by atoms with E-state index in [4.69, 9.17) is 0 Å². The minimum atomic E-state index is 0.0317. The van der Waals surface area contributed by atoms with E-state index in [1.807, 2.05) is 50.7 Å². The first kappa shape index (κ1) is 18.8. The van der Waals surface area contributed by atoms with Crippen molar-refractivity contribution in [2.75, 3.05) is 18.1 Å². The molecule has 0 aliphatic carbocycles. The number of benzene rings is 1. The first-order chi connectivity index (χ1) is 11.6. The monoisotopic (exact) mass is 361 g/mol. The van der Waals surface area contributed by atoms with Crippen LogP contribution in [0.4, 0.5) is 0 Å². The second-order valence-corrected chi connectivity index (χ2v) is 7.57. The molecule has 1 amide bonds. The highest BCUT2D eigenvalue weighted by molar-refractivity contribution is 7.99. The molecule has 0 saturated heterocycles. The molecule has 1 heterocycles. The van der Waals surface area contributed by atoms with Gasteiger partial charge in [0.1, 0.15) is 0 Å². The van der Waals surface area contributed by atoms with Gasteiger partial charge in [-0.2, -0.15) is 0 Å². The van der Waals surface area contributed by atoms with E-state index in [0.29, 0.717) is 17.5 Å². The summed E-state index contributed by atoms with van der Waals surface area (Å²) in [6.07, 6.45) is 0.954. The zero-order valence-electron chi connectivity index (χ0n) is 14.3. The predicted molar refractivity (Wildman–Crippen MR) is 102 cm³/mol. The van der Waals surface area contributed by atoms with Gasteiger partial charge in [-0.15, -0.1) is 11.8 Å². The normalized spacial score (nSPS) is 10.6. The van der Waals surface area contributed by atoms with Crippen molar-refractivity contribution in [3.63, 3.8) is 0 Å². The molecule has 0 spiro atoms. The van der Waals surface area contributed by atoms with Gasteiger partial charge < -0.3 is 5.32 Å². The van der Waals surface area contributed by atoms with Crippen LogP contribution in [0.3, 0.4) is 0 Å². The second-order valence-electron chi connectivity index (χ2n) is 5.46. The van der Waals surface area contributed by atoms with Crippen LogP contribution in [0.2, 0.25) is 0 Å². The maximum Gasteiger partial charge on any atom is 0.230 e. The number of carbonyl (C=O) groups excluding carboxylic acids is 1. The third kappa shape index (κ3) is 6.17. The summed E-state index contributed by atoms with van der Waals surface area (Å²) < 4.78 is 0. The van der Waals surface area contributed by atoms with Crippen LogP contribution >= 0.6 is 23.5 Å². The van der Waals surface area contributed by atoms with Crippen molar-refractivity contribution >= 4 is 29.4 Å². The van der Waals surface area contributed by atoms with E-state index >= 15 is 0 Å². The lowest BCUT2D eigenvalue weighted by Crippen LogP contribution is -2.26. The van der Waals surface area contributed by atoms with Crippen molar-refractivity contribution in [1.29, 1.82) is 0 Å². The number of hydrogen-bond acceptors (Lipinski definition) is 5. The van der Waals surface area contributed by atoms with Gasteiger partial charge in [0.2, 0.25) is 5.91 Å². The number of rotatable bonds is 8. The van der Waals surface area contributed by atoms with E-state index in [9.17, 15) is 4.79 Å². The van der Waals surface area contributed by atoms with E-state index < -0.39 is 0 Å². The van der Waals surface area contributed by atoms with Gasteiger partial charge in [-0.05, 0) is 50.6 Å². The van der Waals surface area contributed by atoms with E-state index in [0.717, 1.165) is 29.1 Å². The van der Waals surface area contributed by atoms with Crippen molar-refractivity contribution in [2.24, 2.45) is 0 Å². The molecule has 2 aromatic rings. The fourth-order valence-electron chi connectivity index (χ4n) is 1.99. The van der Waals surface area contributed by atoms with Gasteiger partial charge in [-0.1, -0.05) is 30.0 Å². The van der Waals surface area contributed by atoms with Crippen LogP contribution in [0.15, 0.2) is 40.4 Å². The van der Waals surface area contributed by atoms with Crippen molar-refractivity contribution in [3.05, 3.63) is 47.3 Å². The summed E-state index contributed by atoms with van der Waals surface area (Å²) in [5.74, 6) is 1.38. The molecule has 128 valence electrons. The van der Waals surface area contributed by atoms with Crippen molar-refractivity contribution < 1.29 is 4.79 Å². The molecule has 2 rings (SSSR count). The molecule has 1 aromatic heterocycles. The third-order valence-electron chi connectivity index (χ3n) is 3.60. The number of thioether (sulfide) groups is 2. The van der Waals surface area contributed by atoms with Crippen molar-refractivity contribution in [1.82, 2.24) is 15.3 Å². The number of aryl methyl sites for hydroxylation is 2. The summed E-state index contributed by atoms with van der Waals surface area (Å²) in [6.45, 7) is 6.66. The highest BCUT2D eigenvalue weighted by Crippen LogP contribution is 2.18. The Bertz CT molecular complexity index is 654. The predicted octanol–water partition coefficient (Wildman–Crippen LogP) is 3.79. The van der Waals surface area contributed by atoms with Gasteiger partial charge in [-0.25, -0.2) is 9.97 Å². The lowest BCUT2D eigenvalue weighted by atomic mass is 10.2. The first-order valence-electron chi connectivity index (χ1n) is 7.95. The molecule has 24 heavy (non-hydrogen) atoms. The molecule has 0 atom stereocenters. The van der Waals surface area contributed by atoms with Crippen molar-refractivity contribution in [2.45, 2.75) is 37.2 Å². The molecule has 0 saturated carbocycles. The number of aromatic nitrogens is 2. The Morgan fingerprint density at radius 2 is 1.71 bits per heavy atom. The average Bonchev–Trinajstić information content (AvgIpc) is 2.58. The number of hydrogen-bond donors (Lipinski definition) is 1. The van der Waals surface area contributed by atoms with Gasteiger partial charge in [-0.3, -0.25) is 4.79 Å². The highest BCUT2D eigenvalue weighted by Gasteiger charge is 2.08. The van der Waals surface area contributed by atoms with Gasteiger partial charge in [0.25, 0.3) is 0 Å². The van der Waals surface area contributed by atoms with Gasteiger partial charge in [0, 0.05) is 22.8 Å². The van der Waals surface area contributed by atoms with Gasteiger partial charge in [0.05, 0.1) is 5.75 Å². The largest absolute Gasteiger partial charge is 0.355 e. The summed E-state index contributed by atoms with van der Waals surface area (Å²) in [5, 5.41) is 3.62. The number of carbonyl (C=O) groups is 1. The summed E-state index contributed by atoms with van der Waals surface area (Å²) >= 11 is 3.20. The van der Waals surface area contributed by atoms with Crippen molar-refractivity contribution in [3.8, 4) is 0 Å². The minimum Gasteiger partial charge on any atom is -0.355 e. The molecule has 0 aliphatic heterocycles. The summed E-state index contributed by atoms with van der Waals surface area (Å²) in [5.41, 5.74) is 3.06. The number of nitrogens with one attached hydrogen (secondary N) is 1. The zero-order valence-corrected chi connectivity index (χ0v) is 16.0. The van der Waals surface area contributed by atoms with E-state index in [1.165, 1.54) is 16.7 Å². The summed E-state index contributed by atoms with van der Waals surface area (Å²) in [6, 6.07) is 10.3. The molecule has 0 fully saturated rings. The first-order valence-corrected chi connectivity index (χ1v) is 9.92. The van der Waals surface area contributed by atoms with Gasteiger partial charge >= 0.3 is 0 Å². The Hall–Kier alpha value is -1.53. The van der Waals surface area contributed by atoms with Crippen LogP contribution in [0, 0.1) is 20.8 Å². The molecular weight excluding hydrogens is 338 g/mol. The molecule has 0 aliphatic rings. The quantitative estimate of drug-likeness (QED) is 0.440. The molecule has 0 unspecified atom stereocenters. The van der Waals surface area contributed by atoms with E-state index in [-0.39, 0.29) is 5.91 Å². The minimum absolute atomic E-state index is 0.0317. The number of amides is 1. The van der Waals surface area contributed by atoms with Crippen LogP contribution in [-0.4, -0.2) is 33.9 Å². The molecule has 1 aromatic carbocycles. The topological polar surface area (TPSA) is 54.9 Å². The number of nitrogens with zero attached hydrogens (tertiary/aromatic N) is 2. The van der Waals surface area contributed by atoms with Crippen LogP contribution in [0.25, 0.3) is 0 Å². The molecule has 0 radical (unpaired) electrons. The second kappa shape index (κ2) is 9.69. The Balaban J connectivity index is 1.63. The maximum atomic E-state index is 11.9. The molecular formula is C18H23N3OS2. The standard InChI is InChI=1S/C18H23N3OS2/c1-13-14(2)20-18(21-15(13)3)24-12-17(22)19-10-7-11-23-16-8-5-4-6-9-16/h4-6,8-9H,7,10-12H2,1-3H3,(H,19,22). The smallest absolute Gasteiger partial charge is 0.230 e. The van der Waals surface area contributed by atoms with Crippen LogP contribution in [0.5, 0.6) is 0 Å². The lowest BCUT2D eigenvalue weighted by molar-refractivity contribution is -0.118. The molecule has 0 bridgehead atoms. The Kier molecular flexibility index (Phi) is 7.59. The Morgan fingerprint density at radius 3 is 2.38 bits per heavy atom. The maximum absolute atomic E-state index is 11.9. The van der Waals surface area contributed by atoms with Crippen LogP contribution < -0.4 is 5.32 Å². The van der Waals surface area contributed by atoms with E-state index in [2.05, 4.69) is 27.4 Å². The summed E-state index contributed by atoms with van der Waals surface area (Å²) in [7, 11) is 0. The SMILES string of the molecule is Cc1nc(SCC(=O)NCCCSc2ccccc2)nc(C)c1C. The van der Waals surface area contributed by atoms with E-state index in [1.54, 1.807) is 0 Å². The molecule has 1 N–H and O–H groups in total. The van der Waals surface area contributed by atoms with Crippen LogP contribution in [0.1, 0.15) is 23.4 Å². The fraction of sp³-hybridized carbons (Fsp3) is 0.389. The fourth-order valence-corrected chi connectivity index (χ4v) is 3.63. The molecule has 6 heteroatoms. The van der Waals surface area contributed by atoms with Gasteiger partial charge in [0.15, 0.2) is 5.16 Å². The lowest BCUT2D eigenvalue weighted by Gasteiger charge is -2.07. The zero-order chi connectivity index (χ0) is 17.4. The average molecular weight is 362 g/mol. The van der Waals surface area contributed by atoms with Crippen LogP contribution in [-0.2, 0) is 4.79 Å².